The molecule has 1 saturated heterocycles. The van der Waals surface area contributed by atoms with Crippen LogP contribution in [0, 0.1) is 0 Å². The Morgan fingerprint density at radius 2 is 2.45 bits per heavy atom. The Labute approximate surface area is 66.9 Å². The van der Waals surface area contributed by atoms with E-state index in [4.69, 9.17) is 14.2 Å². The fraction of sp³-hybridized carbons (Fsp3) is 0.750. The Bertz CT molecular complexity index is 133. The first-order valence-electron chi connectivity index (χ1n) is 3.83. The Hall–Kier alpha value is -0.380. The van der Waals surface area contributed by atoms with E-state index < -0.39 is 0 Å². The van der Waals surface area contributed by atoms with Gasteiger partial charge in [0.25, 0.3) is 0 Å². The summed E-state index contributed by atoms with van der Waals surface area (Å²) >= 11 is 0. The quantitative estimate of drug-likeness (QED) is 0.579. The molecule has 0 radical (unpaired) electrons. The van der Waals surface area contributed by atoms with Gasteiger partial charge < -0.3 is 14.2 Å². The number of rotatable bonds is 3. The van der Waals surface area contributed by atoms with Crippen LogP contribution in [-0.2, 0) is 14.2 Å². The van der Waals surface area contributed by atoms with Crippen molar-refractivity contribution in [1.29, 1.82) is 0 Å². The molecule has 11 heavy (non-hydrogen) atoms. The number of methoxy groups -OCH3 is 1. The second-order valence-electron chi connectivity index (χ2n) is 2.34. The highest BCUT2D eigenvalue weighted by molar-refractivity contribution is 4.85. The molecule has 0 aliphatic carbocycles. The van der Waals surface area contributed by atoms with Crippen LogP contribution in [-0.4, -0.2) is 26.3 Å². The smallest absolute Gasteiger partial charge is 0.184 e. The summed E-state index contributed by atoms with van der Waals surface area (Å²) in [4.78, 5) is 0. The normalized spacial score (nSPS) is 31.8. The average Bonchev–Trinajstić information content (AvgIpc) is 2.48. The zero-order chi connectivity index (χ0) is 8.10. The molecule has 0 N–H and O–H groups in total. The number of ether oxygens (including phenoxy) is 3. The number of hydrogen-bond acceptors (Lipinski definition) is 3. The lowest BCUT2D eigenvalue weighted by Crippen LogP contribution is -2.12. The fourth-order valence-electron chi connectivity index (χ4n) is 0.873. The molecule has 0 spiro atoms. The Balaban J connectivity index is 2.24. The lowest BCUT2D eigenvalue weighted by molar-refractivity contribution is -0.110. The van der Waals surface area contributed by atoms with Crippen molar-refractivity contribution in [3.63, 3.8) is 0 Å². The van der Waals surface area contributed by atoms with Gasteiger partial charge in [0.1, 0.15) is 6.61 Å². The van der Waals surface area contributed by atoms with Gasteiger partial charge in [-0.15, -0.1) is 0 Å². The highest BCUT2D eigenvalue weighted by Gasteiger charge is 2.22. The molecule has 3 heteroatoms. The summed E-state index contributed by atoms with van der Waals surface area (Å²) < 4.78 is 15.4. The third kappa shape index (κ3) is 2.61. The van der Waals surface area contributed by atoms with Crippen molar-refractivity contribution in [2.24, 2.45) is 0 Å². The second-order valence-corrected chi connectivity index (χ2v) is 2.34. The van der Waals surface area contributed by atoms with Crippen LogP contribution in [0.2, 0.25) is 0 Å². The van der Waals surface area contributed by atoms with Crippen LogP contribution in [0.3, 0.4) is 0 Å². The standard InChI is InChI=1S/C8H14O3/c1-3-4-5-7-10-6-8(9-2)11-7/h4-5,7-8H,3,6H2,1-2H3. The molecule has 0 aromatic carbocycles. The van der Waals surface area contributed by atoms with Crippen LogP contribution >= 0.6 is 0 Å². The molecule has 64 valence electrons. The molecule has 0 bridgehead atoms. The highest BCUT2D eigenvalue weighted by Crippen LogP contribution is 2.12. The largest absolute Gasteiger partial charge is 0.353 e. The monoisotopic (exact) mass is 158 g/mol. The van der Waals surface area contributed by atoms with E-state index in [-0.39, 0.29) is 12.6 Å². The molecule has 0 saturated carbocycles. The van der Waals surface area contributed by atoms with Gasteiger partial charge in [-0.3, -0.25) is 0 Å². The molecule has 1 aliphatic heterocycles. The lowest BCUT2D eigenvalue weighted by atomic mass is 10.4. The van der Waals surface area contributed by atoms with E-state index in [0.717, 1.165) is 6.42 Å². The van der Waals surface area contributed by atoms with Gasteiger partial charge in [-0.2, -0.15) is 0 Å². The Morgan fingerprint density at radius 3 is 3.00 bits per heavy atom. The summed E-state index contributed by atoms with van der Waals surface area (Å²) in [6.07, 6.45) is 4.52. The van der Waals surface area contributed by atoms with Crippen LogP contribution < -0.4 is 0 Å². The summed E-state index contributed by atoms with van der Waals surface area (Å²) in [7, 11) is 1.61. The molecule has 2 unspecified atom stereocenters. The molecule has 2 atom stereocenters. The van der Waals surface area contributed by atoms with E-state index in [1.54, 1.807) is 7.11 Å². The van der Waals surface area contributed by atoms with Gasteiger partial charge in [-0.25, -0.2) is 0 Å². The van der Waals surface area contributed by atoms with Gasteiger partial charge in [0, 0.05) is 7.11 Å². The number of hydrogen-bond donors (Lipinski definition) is 0. The van der Waals surface area contributed by atoms with Crippen molar-refractivity contribution in [3.05, 3.63) is 12.2 Å². The molecule has 1 aliphatic rings. The van der Waals surface area contributed by atoms with Crippen molar-refractivity contribution in [3.8, 4) is 0 Å². The maximum atomic E-state index is 5.28. The summed E-state index contributed by atoms with van der Waals surface area (Å²) in [5, 5.41) is 0. The summed E-state index contributed by atoms with van der Waals surface area (Å²) in [6.45, 7) is 2.59. The van der Waals surface area contributed by atoms with Crippen LogP contribution in [0.1, 0.15) is 13.3 Å². The minimum atomic E-state index is -0.208. The van der Waals surface area contributed by atoms with E-state index in [2.05, 4.69) is 6.92 Å². The van der Waals surface area contributed by atoms with E-state index >= 15 is 0 Å². The SMILES string of the molecule is CCC=CC1OCC(OC)O1. The lowest BCUT2D eigenvalue weighted by Gasteiger charge is -2.04. The zero-order valence-electron chi connectivity index (χ0n) is 6.95. The molecular weight excluding hydrogens is 144 g/mol. The first kappa shape index (κ1) is 8.71. The summed E-state index contributed by atoms with van der Waals surface area (Å²) in [6, 6.07) is 0. The number of allylic oxidation sites excluding steroid dienone is 1. The molecule has 1 rings (SSSR count). The molecule has 0 aromatic rings. The Kier molecular flexibility index (Phi) is 3.56. The topological polar surface area (TPSA) is 27.7 Å². The third-order valence-corrected chi connectivity index (χ3v) is 1.47. The third-order valence-electron chi connectivity index (χ3n) is 1.47. The zero-order valence-corrected chi connectivity index (χ0v) is 6.95. The minimum Gasteiger partial charge on any atom is -0.353 e. The van der Waals surface area contributed by atoms with E-state index in [0.29, 0.717) is 6.61 Å². The van der Waals surface area contributed by atoms with Crippen LogP contribution in [0.15, 0.2) is 12.2 Å². The van der Waals surface area contributed by atoms with E-state index in [1.165, 1.54) is 0 Å². The van der Waals surface area contributed by atoms with Crippen LogP contribution in [0.5, 0.6) is 0 Å². The maximum Gasteiger partial charge on any atom is 0.184 e. The molecule has 3 nitrogen and oxygen atoms in total. The van der Waals surface area contributed by atoms with Crippen molar-refractivity contribution >= 4 is 0 Å². The van der Waals surface area contributed by atoms with Gasteiger partial charge in [-0.05, 0) is 12.5 Å². The van der Waals surface area contributed by atoms with Crippen LogP contribution in [0.25, 0.3) is 0 Å². The average molecular weight is 158 g/mol. The first-order valence-corrected chi connectivity index (χ1v) is 3.83. The van der Waals surface area contributed by atoms with E-state index in [1.807, 2.05) is 12.2 Å². The van der Waals surface area contributed by atoms with E-state index in [9.17, 15) is 0 Å². The minimum absolute atomic E-state index is 0.193. The van der Waals surface area contributed by atoms with Crippen molar-refractivity contribution in [2.45, 2.75) is 25.9 Å². The first-order chi connectivity index (χ1) is 5.36. The molecular formula is C8H14O3. The van der Waals surface area contributed by atoms with Gasteiger partial charge >= 0.3 is 0 Å². The van der Waals surface area contributed by atoms with Crippen LogP contribution in [0.4, 0.5) is 0 Å². The Morgan fingerprint density at radius 1 is 1.64 bits per heavy atom. The van der Waals surface area contributed by atoms with Crippen molar-refractivity contribution in [2.75, 3.05) is 13.7 Å². The second kappa shape index (κ2) is 4.49. The predicted molar refractivity (Wildman–Crippen MR) is 41.1 cm³/mol. The van der Waals surface area contributed by atoms with Crippen molar-refractivity contribution < 1.29 is 14.2 Å². The maximum absolute atomic E-state index is 5.28. The molecule has 1 fully saturated rings. The molecule has 0 aromatic heterocycles. The molecule has 1 heterocycles. The predicted octanol–water partition coefficient (Wildman–Crippen LogP) is 1.30. The fourth-order valence-corrected chi connectivity index (χ4v) is 0.873. The summed E-state index contributed by atoms with van der Waals surface area (Å²) in [5.41, 5.74) is 0. The molecule has 0 amide bonds. The van der Waals surface area contributed by atoms with Gasteiger partial charge in [-0.1, -0.05) is 13.0 Å². The van der Waals surface area contributed by atoms with Gasteiger partial charge in [0.05, 0.1) is 0 Å². The van der Waals surface area contributed by atoms with Gasteiger partial charge in [0.15, 0.2) is 12.6 Å². The van der Waals surface area contributed by atoms with Crippen molar-refractivity contribution in [1.82, 2.24) is 0 Å². The highest BCUT2D eigenvalue weighted by atomic mass is 16.8. The van der Waals surface area contributed by atoms with Gasteiger partial charge in [0.2, 0.25) is 0 Å². The summed E-state index contributed by atoms with van der Waals surface area (Å²) in [5.74, 6) is 0.